The van der Waals surface area contributed by atoms with E-state index in [2.05, 4.69) is 20.8 Å². The molecule has 6 heteroatoms. The van der Waals surface area contributed by atoms with Crippen LogP contribution in [0.25, 0.3) is 0 Å². The molecular formula is C32H48O6. The number of carbonyl (C=O) groups excluding carboxylic acids is 1. The highest BCUT2D eigenvalue weighted by Crippen LogP contribution is 2.71. The molecule has 0 saturated heterocycles. The Morgan fingerprint density at radius 2 is 1.42 bits per heavy atom. The summed E-state index contributed by atoms with van der Waals surface area (Å²) in [6.07, 6.45) is 12.1. The summed E-state index contributed by atoms with van der Waals surface area (Å²) in [6.45, 7) is 9.25. The summed E-state index contributed by atoms with van der Waals surface area (Å²) in [5, 5.41) is 19.6. The lowest BCUT2D eigenvalue weighted by molar-refractivity contribution is -0.207. The highest BCUT2D eigenvalue weighted by atomic mass is 16.5. The first-order valence-corrected chi connectivity index (χ1v) is 15.6. The summed E-state index contributed by atoms with van der Waals surface area (Å²) in [7, 11) is 0. The van der Waals surface area contributed by atoms with Crippen LogP contribution in [0.3, 0.4) is 0 Å². The fourth-order valence-corrected chi connectivity index (χ4v) is 12.0. The van der Waals surface area contributed by atoms with E-state index in [1.807, 2.05) is 6.92 Å². The van der Waals surface area contributed by atoms with Crippen molar-refractivity contribution in [2.45, 2.75) is 111 Å². The molecule has 6 aliphatic carbocycles. The van der Waals surface area contributed by atoms with E-state index in [1.165, 1.54) is 19.3 Å². The van der Waals surface area contributed by atoms with Crippen molar-refractivity contribution in [3.8, 4) is 0 Å². The number of ether oxygens (including phenoxy) is 1. The van der Waals surface area contributed by atoms with Gasteiger partial charge in [-0.05, 0) is 123 Å². The van der Waals surface area contributed by atoms with Crippen LogP contribution in [0.1, 0.15) is 105 Å². The number of carbonyl (C=O) groups is 3. The van der Waals surface area contributed by atoms with Gasteiger partial charge in [-0.3, -0.25) is 14.4 Å². The van der Waals surface area contributed by atoms with E-state index in [0.717, 1.165) is 51.4 Å². The number of aliphatic carboxylic acids is 2. The highest BCUT2D eigenvalue weighted by molar-refractivity contribution is 5.80. The summed E-state index contributed by atoms with van der Waals surface area (Å²) in [4.78, 5) is 36.8. The molecule has 6 fully saturated rings. The molecule has 0 aliphatic heterocycles. The van der Waals surface area contributed by atoms with Gasteiger partial charge in [-0.25, -0.2) is 0 Å². The number of rotatable bonds is 4. The third kappa shape index (κ3) is 3.52. The van der Waals surface area contributed by atoms with Gasteiger partial charge >= 0.3 is 17.9 Å². The van der Waals surface area contributed by atoms with E-state index in [1.54, 1.807) is 0 Å². The van der Waals surface area contributed by atoms with Crippen LogP contribution in [0.15, 0.2) is 0 Å². The fourth-order valence-electron chi connectivity index (χ4n) is 12.0. The minimum Gasteiger partial charge on any atom is -0.481 e. The summed E-state index contributed by atoms with van der Waals surface area (Å²) < 4.78 is 6.14. The number of esters is 1. The molecule has 13 atom stereocenters. The monoisotopic (exact) mass is 528 g/mol. The van der Waals surface area contributed by atoms with Crippen molar-refractivity contribution in [1.82, 2.24) is 0 Å². The van der Waals surface area contributed by atoms with Crippen LogP contribution in [0.2, 0.25) is 0 Å². The molecule has 38 heavy (non-hydrogen) atoms. The van der Waals surface area contributed by atoms with Crippen molar-refractivity contribution in [1.29, 1.82) is 0 Å². The van der Waals surface area contributed by atoms with Crippen molar-refractivity contribution in [3.63, 3.8) is 0 Å². The van der Waals surface area contributed by atoms with Gasteiger partial charge in [-0.1, -0.05) is 34.1 Å². The Morgan fingerprint density at radius 3 is 2.11 bits per heavy atom. The smallest absolute Gasteiger partial charge is 0.309 e. The van der Waals surface area contributed by atoms with Crippen molar-refractivity contribution in [2.24, 2.45) is 69.5 Å². The third-order valence-corrected chi connectivity index (χ3v) is 14.1. The van der Waals surface area contributed by atoms with Gasteiger partial charge in [0.2, 0.25) is 0 Å². The van der Waals surface area contributed by atoms with Gasteiger partial charge in [0.25, 0.3) is 0 Å². The predicted octanol–water partition coefficient (Wildman–Crippen LogP) is 6.41. The molecule has 13 unspecified atom stereocenters. The van der Waals surface area contributed by atoms with Crippen LogP contribution >= 0.6 is 0 Å². The van der Waals surface area contributed by atoms with Gasteiger partial charge in [0.05, 0.1) is 17.3 Å². The molecule has 0 aromatic carbocycles. The Balaban J connectivity index is 1.16. The van der Waals surface area contributed by atoms with Crippen LogP contribution in [0.5, 0.6) is 0 Å². The van der Waals surface area contributed by atoms with Gasteiger partial charge in [-0.2, -0.15) is 0 Å². The van der Waals surface area contributed by atoms with Gasteiger partial charge in [-0.15, -0.1) is 0 Å². The van der Waals surface area contributed by atoms with Crippen molar-refractivity contribution >= 4 is 17.9 Å². The molecule has 0 spiro atoms. The summed E-state index contributed by atoms with van der Waals surface area (Å²) in [5.41, 5.74) is 0.0532. The number of hydrogen-bond acceptors (Lipinski definition) is 4. The van der Waals surface area contributed by atoms with Crippen molar-refractivity contribution < 1.29 is 29.3 Å². The van der Waals surface area contributed by atoms with E-state index in [9.17, 15) is 24.6 Å². The molecule has 0 amide bonds. The molecule has 2 N–H and O–H groups in total. The van der Waals surface area contributed by atoms with E-state index < -0.39 is 23.3 Å². The normalized spacial score (nSPS) is 53.4. The van der Waals surface area contributed by atoms with Crippen LogP contribution in [-0.4, -0.2) is 34.2 Å². The molecule has 212 valence electrons. The Bertz CT molecular complexity index is 1010. The number of carboxylic acids is 2. The molecule has 0 bridgehead atoms. The second-order valence-electron chi connectivity index (χ2n) is 15.1. The summed E-state index contributed by atoms with van der Waals surface area (Å²) in [5.74, 6) is 0.704. The molecule has 0 radical (unpaired) electrons. The summed E-state index contributed by atoms with van der Waals surface area (Å²) >= 11 is 0. The predicted molar refractivity (Wildman–Crippen MR) is 142 cm³/mol. The number of carboxylic acid groups (broad SMARTS) is 2. The van der Waals surface area contributed by atoms with E-state index in [0.29, 0.717) is 41.9 Å². The standard InChI is InChI=1S/C32H48O6/c1-17-20(27(33)34)16-21(17)28(35)38-25-11-14-30(3)22(18(25)2)9-13-31(4)23-10-15-32(29(36)37)12-5-6-24(32)19(23)7-8-26(30)31/h17-26H,5-16H2,1-4H3,(H,33,34)(H,36,37). The molecule has 6 saturated carbocycles. The maximum absolute atomic E-state index is 13.0. The molecule has 0 heterocycles. The first-order chi connectivity index (χ1) is 17.9. The second-order valence-corrected chi connectivity index (χ2v) is 15.1. The maximum Gasteiger partial charge on any atom is 0.309 e. The van der Waals surface area contributed by atoms with Gasteiger partial charge in [0.1, 0.15) is 6.10 Å². The Labute approximate surface area is 227 Å². The Hall–Kier alpha value is -1.59. The first kappa shape index (κ1) is 26.6. The van der Waals surface area contributed by atoms with Crippen molar-refractivity contribution in [3.05, 3.63) is 0 Å². The second kappa shape index (κ2) is 8.96. The largest absolute Gasteiger partial charge is 0.481 e. The lowest BCUT2D eigenvalue weighted by Crippen LogP contribution is -2.61. The summed E-state index contributed by atoms with van der Waals surface area (Å²) in [6, 6.07) is 0. The van der Waals surface area contributed by atoms with E-state index in [4.69, 9.17) is 4.74 Å². The molecule has 6 nitrogen and oxygen atoms in total. The molecule has 0 aromatic heterocycles. The molecular weight excluding hydrogens is 480 g/mol. The van der Waals surface area contributed by atoms with Gasteiger partial charge in [0, 0.05) is 0 Å². The van der Waals surface area contributed by atoms with Gasteiger partial charge in [0.15, 0.2) is 0 Å². The van der Waals surface area contributed by atoms with Crippen LogP contribution in [-0.2, 0) is 19.1 Å². The van der Waals surface area contributed by atoms with Crippen LogP contribution in [0, 0.1) is 69.5 Å². The topological polar surface area (TPSA) is 101 Å². The Morgan fingerprint density at radius 1 is 0.737 bits per heavy atom. The minimum atomic E-state index is -0.803. The third-order valence-electron chi connectivity index (χ3n) is 14.1. The molecule has 6 aliphatic rings. The first-order valence-electron chi connectivity index (χ1n) is 15.6. The lowest BCUT2D eigenvalue weighted by atomic mass is 9.37. The lowest BCUT2D eigenvalue weighted by Gasteiger charge is -2.67. The molecule has 0 aromatic rings. The fraction of sp³-hybridized carbons (Fsp3) is 0.906. The average Bonchev–Trinajstić information content (AvgIpc) is 3.31. The van der Waals surface area contributed by atoms with Crippen molar-refractivity contribution in [2.75, 3.05) is 0 Å². The van der Waals surface area contributed by atoms with Crippen LogP contribution in [0.4, 0.5) is 0 Å². The van der Waals surface area contributed by atoms with Crippen LogP contribution < -0.4 is 0 Å². The van der Waals surface area contributed by atoms with E-state index in [-0.39, 0.29) is 34.7 Å². The molecule has 6 rings (SSSR count). The zero-order valence-electron chi connectivity index (χ0n) is 23.8. The highest BCUT2D eigenvalue weighted by Gasteiger charge is 2.66. The SMILES string of the molecule is CC1C(C(=O)O)CC1C(=O)OC1CCC2(C)C(CCC3(C)C4CCC5(C(=O)O)CCCC5C4CCC23)C1C. The quantitative estimate of drug-likeness (QED) is 0.409. The van der Waals surface area contributed by atoms with E-state index >= 15 is 0 Å². The minimum absolute atomic E-state index is 0.0679. The zero-order chi connectivity index (χ0) is 27.2. The number of fused-ring (bicyclic) bond motifs is 7. The van der Waals surface area contributed by atoms with Gasteiger partial charge < -0.3 is 14.9 Å². The zero-order valence-corrected chi connectivity index (χ0v) is 23.8. The Kier molecular flexibility index (Phi) is 6.28. The number of hydrogen-bond donors (Lipinski definition) is 2. The average molecular weight is 529 g/mol. The maximum atomic E-state index is 13.0.